The molecular formula is C12H16N4OS. The molecule has 2 heterocycles. The lowest BCUT2D eigenvalue weighted by Gasteiger charge is -2.17. The van der Waals surface area contributed by atoms with Crippen molar-refractivity contribution in [3.8, 4) is 5.75 Å². The van der Waals surface area contributed by atoms with Crippen LogP contribution in [0.3, 0.4) is 0 Å². The second-order valence-corrected chi connectivity index (χ2v) is 4.42. The second-order valence-electron chi connectivity index (χ2n) is 3.81. The van der Waals surface area contributed by atoms with Gasteiger partial charge < -0.3 is 10.1 Å². The van der Waals surface area contributed by atoms with Crippen molar-refractivity contribution in [2.75, 3.05) is 13.7 Å². The molecule has 0 bridgehead atoms. The Morgan fingerprint density at radius 2 is 2.39 bits per heavy atom. The quantitative estimate of drug-likeness (QED) is 0.865. The van der Waals surface area contributed by atoms with E-state index in [1.807, 2.05) is 17.5 Å². The highest BCUT2D eigenvalue weighted by Gasteiger charge is 2.21. The van der Waals surface area contributed by atoms with E-state index in [1.54, 1.807) is 13.3 Å². The van der Waals surface area contributed by atoms with E-state index in [1.165, 1.54) is 11.5 Å². The molecule has 1 atom stereocenters. The first-order valence-corrected chi connectivity index (χ1v) is 6.69. The van der Waals surface area contributed by atoms with Crippen molar-refractivity contribution < 1.29 is 4.74 Å². The Bertz CT molecular complexity index is 475. The molecule has 0 saturated heterocycles. The van der Waals surface area contributed by atoms with Crippen molar-refractivity contribution in [2.24, 2.45) is 0 Å². The first-order chi connectivity index (χ1) is 8.86. The van der Waals surface area contributed by atoms with Gasteiger partial charge in [-0.15, -0.1) is 5.10 Å². The molecule has 1 N–H and O–H groups in total. The van der Waals surface area contributed by atoms with E-state index in [0.717, 1.165) is 30.1 Å². The molecule has 5 nitrogen and oxygen atoms in total. The van der Waals surface area contributed by atoms with E-state index in [9.17, 15) is 0 Å². The van der Waals surface area contributed by atoms with Crippen molar-refractivity contribution >= 4 is 11.5 Å². The first-order valence-electron chi connectivity index (χ1n) is 5.86. The summed E-state index contributed by atoms with van der Waals surface area (Å²) < 4.78 is 9.27. The number of nitrogens with zero attached hydrogens (tertiary/aromatic N) is 3. The van der Waals surface area contributed by atoms with Gasteiger partial charge in [0.25, 0.3) is 0 Å². The van der Waals surface area contributed by atoms with Crippen molar-refractivity contribution in [3.05, 3.63) is 35.1 Å². The van der Waals surface area contributed by atoms with Crippen LogP contribution in [0.15, 0.2) is 23.7 Å². The van der Waals surface area contributed by atoms with E-state index in [-0.39, 0.29) is 6.04 Å². The zero-order chi connectivity index (χ0) is 12.8. The highest BCUT2D eigenvalue weighted by atomic mass is 32.1. The van der Waals surface area contributed by atoms with Gasteiger partial charge in [-0.1, -0.05) is 11.4 Å². The van der Waals surface area contributed by atoms with Gasteiger partial charge in [0.15, 0.2) is 0 Å². The third kappa shape index (κ3) is 2.83. The number of hydrogen-bond donors (Lipinski definition) is 1. The molecule has 2 aromatic heterocycles. The number of pyridine rings is 1. The Morgan fingerprint density at radius 3 is 3.06 bits per heavy atom. The summed E-state index contributed by atoms with van der Waals surface area (Å²) in [6.07, 6.45) is 2.81. The second kappa shape index (κ2) is 6.42. The Morgan fingerprint density at radius 1 is 1.50 bits per heavy atom. The topological polar surface area (TPSA) is 59.9 Å². The van der Waals surface area contributed by atoms with Crippen LogP contribution >= 0.6 is 11.5 Å². The van der Waals surface area contributed by atoms with Crippen LogP contribution in [0.4, 0.5) is 0 Å². The van der Waals surface area contributed by atoms with E-state index in [0.29, 0.717) is 0 Å². The molecule has 0 aromatic carbocycles. The van der Waals surface area contributed by atoms with Gasteiger partial charge in [-0.3, -0.25) is 4.98 Å². The van der Waals surface area contributed by atoms with Gasteiger partial charge in [0.2, 0.25) is 0 Å². The van der Waals surface area contributed by atoms with E-state index in [4.69, 9.17) is 4.74 Å². The molecule has 2 rings (SSSR count). The van der Waals surface area contributed by atoms with Crippen molar-refractivity contribution in [3.63, 3.8) is 0 Å². The molecule has 0 spiro atoms. The summed E-state index contributed by atoms with van der Waals surface area (Å²) in [5.41, 5.74) is 1.73. The van der Waals surface area contributed by atoms with Crippen LogP contribution in [0.2, 0.25) is 0 Å². The fourth-order valence-corrected chi connectivity index (χ4v) is 2.20. The lowest BCUT2D eigenvalue weighted by molar-refractivity contribution is 0.399. The maximum absolute atomic E-state index is 5.36. The maximum atomic E-state index is 5.36. The predicted octanol–water partition coefficient (Wildman–Crippen LogP) is 2.03. The Balaban J connectivity index is 2.33. The van der Waals surface area contributed by atoms with Crippen molar-refractivity contribution in [1.29, 1.82) is 0 Å². The highest BCUT2D eigenvalue weighted by Crippen LogP contribution is 2.27. The minimum absolute atomic E-state index is 0.0696. The highest BCUT2D eigenvalue weighted by molar-refractivity contribution is 7.03. The average Bonchev–Trinajstić information content (AvgIpc) is 2.94. The van der Waals surface area contributed by atoms with Gasteiger partial charge in [-0.05, 0) is 36.6 Å². The Hall–Kier alpha value is -1.53. The molecule has 2 aromatic rings. The number of aromatic nitrogens is 3. The molecule has 0 aliphatic heterocycles. The summed E-state index contributed by atoms with van der Waals surface area (Å²) in [7, 11) is 1.65. The summed E-state index contributed by atoms with van der Waals surface area (Å²) >= 11 is 1.34. The Labute approximate surface area is 110 Å². The Kier molecular flexibility index (Phi) is 4.60. The minimum atomic E-state index is -0.0696. The monoisotopic (exact) mass is 264 g/mol. The third-order valence-electron chi connectivity index (χ3n) is 2.56. The smallest absolute Gasteiger partial charge is 0.142 e. The molecule has 18 heavy (non-hydrogen) atoms. The molecule has 0 fully saturated rings. The largest absolute Gasteiger partial charge is 0.495 e. The average molecular weight is 264 g/mol. The molecule has 0 radical (unpaired) electrons. The third-order valence-corrected chi connectivity index (χ3v) is 3.09. The minimum Gasteiger partial charge on any atom is -0.495 e. The molecular weight excluding hydrogens is 248 g/mol. The molecule has 0 aliphatic rings. The molecule has 0 amide bonds. The number of hydrogen-bond acceptors (Lipinski definition) is 6. The lowest BCUT2D eigenvalue weighted by Crippen LogP contribution is -2.25. The van der Waals surface area contributed by atoms with E-state index in [2.05, 4.69) is 26.8 Å². The van der Waals surface area contributed by atoms with Crippen LogP contribution in [0.25, 0.3) is 0 Å². The number of methoxy groups -OCH3 is 1. The SMILES string of the molecule is CCCNC(c1csnn1)c1ncccc1OC. The van der Waals surface area contributed by atoms with Gasteiger partial charge in [0.1, 0.15) is 11.4 Å². The summed E-state index contributed by atoms with van der Waals surface area (Å²) in [6.45, 7) is 3.01. The van der Waals surface area contributed by atoms with Crippen LogP contribution in [0, 0.1) is 0 Å². The normalized spacial score (nSPS) is 12.3. The molecule has 6 heteroatoms. The molecule has 0 saturated carbocycles. The number of rotatable bonds is 6. The van der Waals surface area contributed by atoms with Gasteiger partial charge in [-0.25, -0.2) is 0 Å². The summed E-state index contributed by atoms with van der Waals surface area (Å²) in [6, 6.07) is 3.70. The molecule has 96 valence electrons. The van der Waals surface area contributed by atoms with Crippen LogP contribution < -0.4 is 10.1 Å². The first kappa shape index (κ1) is 12.9. The molecule has 1 unspecified atom stereocenters. The number of nitrogens with one attached hydrogen (secondary N) is 1. The van der Waals surface area contributed by atoms with E-state index < -0.39 is 0 Å². The molecule has 0 aliphatic carbocycles. The van der Waals surface area contributed by atoms with E-state index >= 15 is 0 Å². The summed E-state index contributed by atoms with van der Waals surface area (Å²) in [5.74, 6) is 0.763. The van der Waals surface area contributed by atoms with Crippen LogP contribution in [-0.4, -0.2) is 28.2 Å². The summed E-state index contributed by atoms with van der Waals surface area (Å²) in [4.78, 5) is 4.41. The zero-order valence-electron chi connectivity index (χ0n) is 10.5. The fraction of sp³-hybridized carbons (Fsp3) is 0.417. The standard InChI is InChI=1S/C12H16N4OS/c1-3-6-13-11(9-8-18-16-15-9)12-10(17-2)5-4-7-14-12/h4-5,7-8,11,13H,3,6H2,1-2H3. The lowest BCUT2D eigenvalue weighted by atomic mass is 10.1. The van der Waals surface area contributed by atoms with Crippen molar-refractivity contribution in [1.82, 2.24) is 19.9 Å². The van der Waals surface area contributed by atoms with Crippen LogP contribution in [0.5, 0.6) is 5.75 Å². The van der Waals surface area contributed by atoms with Crippen LogP contribution in [-0.2, 0) is 0 Å². The number of ether oxygens (including phenoxy) is 1. The summed E-state index contributed by atoms with van der Waals surface area (Å²) in [5, 5.41) is 9.49. The fourth-order valence-electron chi connectivity index (χ4n) is 1.72. The van der Waals surface area contributed by atoms with Gasteiger partial charge in [0, 0.05) is 11.6 Å². The maximum Gasteiger partial charge on any atom is 0.142 e. The van der Waals surface area contributed by atoms with Gasteiger partial charge >= 0.3 is 0 Å². The zero-order valence-corrected chi connectivity index (χ0v) is 11.3. The predicted molar refractivity (Wildman–Crippen MR) is 70.8 cm³/mol. The van der Waals surface area contributed by atoms with Gasteiger partial charge in [0.05, 0.1) is 18.8 Å². The van der Waals surface area contributed by atoms with Crippen molar-refractivity contribution in [2.45, 2.75) is 19.4 Å². The van der Waals surface area contributed by atoms with Crippen LogP contribution in [0.1, 0.15) is 30.8 Å². The van der Waals surface area contributed by atoms with Gasteiger partial charge in [-0.2, -0.15) is 0 Å².